The predicted molar refractivity (Wildman–Crippen MR) is 93.9 cm³/mol. The lowest BCUT2D eigenvalue weighted by atomic mass is 10.1. The smallest absolute Gasteiger partial charge is 0.411 e. The number of amides is 2. The van der Waals surface area contributed by atoms with Crippen LogP contribution >= 0.6 is 0 Å². The standard InChI is InChI=1S/C19H17F3N2O4/c20-19(21,22)11-27-9-13-3-1-12(2-4-13)8-23-18(26)14-5-6-16-15(7-14)24-17(25)10-28-16/h1-7H,8-11H2,(H,23,26)(H,24,25). The number of carbonyl (C=O) groups excluding carboxylic acids is 2. The van der Waals surface area contributed by atoms with Crippen LogP contribution in [0, 0.1) is 0 Å². The number of benzene rings is 2. The molecule has 0 saturated carbocycles. The number of carbonyl (C=O) groups is 2. The Hall–Kier alpha value is -3.07. The molecule has 1 heterocycles. The van der Waals surface area contributed by atoms with Gasteiger partial charge in [0.05, 0.1) is 12.3 Å². The first-order chi connectivity index (χ1) is 13.3. The average Bonchev–Trinajstić information content (AvgIpc) is 2.65. The second-order valence-corrected chi connectivity index (χ2v) is 6.15. The van der Waals surface area contributed by atoms with E-state index in [-0.39, 0.29) is 31.6 Å². The molecule has 6 nitrogen and oxygen atoms in total. The molecule has 2 amide bonds. The third-order valence-corrected chi connectivity index (χ3v) is 3.89. The molecule has 0 spiro atoms. The summed E-state index contributed by atoms with van der Waals surface area (Å²) in [6, 6.07) is 11.4. The molecule has 3 rings (SSSR count). The maximum absolute atomic E-state index is 12.3. The lowest BCUT2D eigenvalue weighted by Gasteiger charge is -2.18. The highest BCUT2D eigenvalue weighted by Gasteiger charge is 2.27. The Bertz CT molecular complexity index is 866. The van der Waals surface area contributed by atoms with Crippen molar-refractivity contribution in [3.63, 3.8) is 0 Å². The van der Waals surface area contributed by atoms with Crippen molar-refractivity contribution in [1.29, 1.82) is 0 Å². The Morgan fingerprint density at radius 3 is 2.57 bits per heavy atom. The van der Waals surface area contributed by atoms with Crippen molar-refractivity contribution in [3.05, 3.63) is 59.2 Å². The fourth-order valence-electron chi connectivity index (χ4n) is 2.55. The van der Waals surface area contributed by atoms with Crippen LogP contribution in [0.5, 0.6) is 5.75 Å². The topological polar surface area (TPSA) is 76.7 Å². The van der Waals surface area contributed by atoms with Crippen molar-refractivity contribution in [2.75, 3.05) is 18.5 Å². The van der Waals surface area contributed by atoms with Gasteiger partial charge >= 0.3 is 6.18 Å². The number of fused-ring (bicyclic) bond motifs is 1. The molecule has 0 aliphatic carbocycles. The summed E-state index contributed by atoms with van der Waals surface area (Å²) < 4.78 is 46.0. The summed E-state index contributed by atoms with van der Waals surface area (Å²) in [5, 5.41) is 5.38. The van der Waals surface area contributed by atoms with Gasteiger partial charge in [0.2, 0.25) is 0 Å². The number of nitrogens with one attached hydrogen (secondary N) is 2. The lowest BCUT2D eigenvalue weighted by molar-refractivity contribution is -0.176. The monoisotopic (exact) mass is 394 g/mol. The molecular formula is C19H17F3N2O4. The minimum absolute atomic E-state index is 0.0597. The number of halogens is 3. The highest BCUT2D eigenvalue weighted by atomic mass is 19.4. The van der Waals surface area contributed by atoms with E-state index in [0.29, 0.717) is 22.6 Å². The van der Waals surface area contributed by atoms with Gasteiger partial charge in [-0.2, -0.15) is 13.2 Å². The second-order valence-electron chi connectivity index (χ2n) is 6.15. The van der Waals surface area contributed by atoms with Crippen LogP contribution in [0.25, 0.3) is 0 Å². The molecular weight excluding hydrogens is 377 g/mol. The van der Waals surface area contributed by atoms with Gasteiger partial charge in [0.15, 0.2) is 6.61 Å². The molecule has 9 heteroatoms. The molecule has 0 aromatic heterocycles. The molecule has 1 aliphatic rings. The van der Waals surface area contributed by atoms with Gasteiger partial charge in [-0.05, 0) is 29.3 Å². The molecule has 1 aliphatic heterocycles. The van der Waals surface area contributed by atoms with Crippen LogP contribution in [0.2, 0.25) is 0 Å². The highest BCUT2D eigenvalue weighted by Crippen LogP contribution is 2.28. The van der Waals surface area contributed by atoms with E-state index in [1.54, 1.807) is 36.4 Å². The van der Waals surface area contributed by atoms with E-state index in [1.165, 1.54) is 6.07 Å². The summed E-state index contributed by atoms with van der Waals surface area (Å²) >= 11 is 0. The van der Waals surface area contributed by atoms with Crippen molar-refractivity contribution in [1.82, 2.24) is 5.32 Å². The van der Waals surface area contributed by atoms with Crippen LogP contribution in [0.1, 0.15) is 21.5 Å². The Morgan fingerprint density at radius 2 is 1.86 bits per heavy atom. The number of hydrogen-bond acceptors (Lipinski definition) is 4. The molecule has 0 unspecified atom stereocenters. The maximum atomic E-state index is 12.3. The van der Waals surface area contributed by atoms with Gasteiger partial charge in [0.25, 0.3) is 11.8 Å². The molecule has 0 fully saturated rings. The lowest BCUT2D eigenvalue weighted by Crippen LogP contribution is -2.27. The minimum atomic E-state index is -4.35. The van der Waals surface area contributed by atoms with Crippen LogP contribution in [-0.2, 0) is 22.7 Å². The first-order valence-electron chi connectivity index (χ1n) is 8.37. The van der Waals surface area contributed by atoms with Crippen molar-refractivity contribution in [2.24, 2.45) is 0 Å². The van der Waals surface area contributed by atoms with Gasteiger partial charge < -0.3 is 20.1 Å². The van der Waals surface area contributed by atoms with Crippen LogP contribution in [0.3, 0.4) is 0 Å². The summed E-state index contributed by atoms with van der Waals surface area (Å²) in [6.45, 7) is -1.26. The van der Waals surface area contributed by atoms with Gasteiger partial charge in [-0.1, -0.05) is 24.3 Å². The zero-order chi connectivity index (χ0) is 20.1. The summed E-state index contributed by atoms with van der Waals surface area (Å²) in [6.07, 6.45) is -4.35. The molecule has 0 bridgehead atoms. The predicted octanol–water partition coefficient (Wildman–Crippen LogP) is 3.03. The molecule has 2 N–H and O–H groups in total. The van der Waals surface area contributed by atoms with Crippen LogP contribution in [0.15, 0.2) is 42.5 Å². The number of alkyl halides is 3. The Labute approximate surface area is 158 Å². The largest absolute Gasteiger partial charge is 0.482 e. The van der Waals surface area contributed by atoms with Gasteiger partial charge in [-0.15, -0.1) is 0 Å². The summed E-state index contributed by atoms with van der Waals surface area (Å²) in [4.78, 5) is 23.7. The zero-order valence-corrected chi connectivity index (χ0v) is 14.6. The maximum Gasteiger partial charge on any atom is 0.411 e. The van der Waals surface area contributed by atoms with E-state index < -0.39 is 12.8 Å². The zero-order valence-electron chi connectivity index (χ0n) is 14.6. The van der Waals surface area contributed by atoms with E-state index in [0.717, 1.165) is 5.56 Å². The van der Waals surface area contributed by atoms with Crippen LogP contribution < -0.4 is 15.4 Å². The normalized spacial score (nSPS) is 13.3. The summed E-state index contributed by atoms with van der Waals surface area (Å²) in [5.41, 5.74) is 2.18. The molecule has 0 atom stereocenters. The van der Waals surface area contributed by atoms with Crippen molar-refractivity contribution in [2.45, 2.75) is 19.3 Å². The van der Waals surface area contributed by atoms with Gasteiger partial charge in [0, 0.05) is 12.1 Å². The number of anilines is 1. The highest BCUT2D eigenvalue weighted by molar-refractivity contribution is 5.99. The molecule has 2 aromatic carbocycles. The molecule has 2 aromatic rings. The Balaban J connectivity index is 1.52. The average molecular weight is 394 g/mol. The molecule has 28 heavy (non-hydrogen) atoms. The van der Waals surface area contributed by atoms with E-state index in [9.17, 15) is 22.8 Å². The fraction of sp³-hybridized carbons (Fsp3) is 0.263. The number of hydrogen-bond donors (Lipinski definition) is 2. The van der Waals surface area contributed by atoms with Crippen molar-refractivity contribution < 1.29 is 32.2 Å². The minimum Gasteiger partial charge on any atom is -0.482 e. The van der Waals surface area contributed by atoms with E-state index >= 15 is 0 Å². The Morgan fingerprint density at radius 1 is 1.14 bits per heavy atom. The number of ether oxygens (including phenoxy) is 2. The van der Waals surface area contributed by atoms with E-state index in [4.69, 9.17) is 4.74 Å². The van der Waals surface area contributed by atoms with Gasteiger partial charge in [0.1, 0.15) is 12.4 Å². The Kier molecular flexibility index (Phi) is 5.84. The van der Waals surface area contributed by atoms with Crippen LogP contribution in [0.4, 0.5) is 18.9 Å². The van der Waals surface area contributed by atoms with Crippen molar-refractivity contribution >= 4 is 17.5 Å². The summed E-state index contributed by atoms with van der Waals surface area (Å²) in [5.74, 6) is -0.121. The van der Waals surface area contributed by atoms with Gasteiger partial charge in [-0.25, -0.2) is 0 Å². The van der Waals surface area contributed by atoms with E-state index in [2.05, 4.69) is 15.4 Å². The van der Waals surface area contributed by atoms with E-state index in [1.807, 2.05) is 0 Å². The van der Waals surface area contributed by atoms with Crippen molar-refractivity contribution in [3.8, 4) is 5.75 Å². The fourth-order valence-corrected chi connectivity index (χ4v) is 2.55. The SMILES string of the molecule is O=C1COc2ccc(C(=O)NCc3ccc(COCC(F)(F)F)cc3)cc2N1. The third-order valence-electron chi connectivity index (χ3n) is 3.89. The second kappa shape index (κ2) is 8.30. The first-order valence-corrected chi connectivity index (χ1v) is 8.37. The van der Waals surface area contributed by atoms with Crippen LogP contribution in [-0.4, -0.2) is 31.2 Å². The molecule has 148 valence electrons. The first kappa shape index (κ1) is 19.7. The molecule has 0 saturated heterocycles. The van der Waals surface area contributed by atoms with Gasteiger partial charge in [-0.3, -0.25) is 9.59 Å². The number of rotatable bonds is 6. The third kappa shape index (κ3) is 5.46. The molecule has 0 radical (unpaired) electrons. The summed E-state index contributed by atoms with van der Waals surface area (Å²) in [7, 11) is 0. The quantitative estimate of drug-likeness (QED) is 0.790.